The SMILES string of the molecule is O=C(N=C1C=CCc2cn(Cc3cccc(-c4ccc[nH]c4=O)c3)c(O)c21)Oc1ccc(Cl)s1. The average molecular weight is 492 g/mol. The molecule has 5 rings (SSSR count). The zero-order valence-corrected chi connectivity index (χ0v) is 19.3. The number of nitrogens with zero attached hydrogens (tertiary/aromatic N) is 2. The molecule has 4 aromatic rings. The topological polar surface area (TPSA) is 96.7 Å². The number of aromatic amines is 1. The maximum Gasteiger partial charge on any atom is 0.440 e. The number of pyridine rings is 1. The van der Waals surface area contributed by atoms with Crippen LogP contribution in [-0.4, -0.2) is 26.5 Å². The van der Waals surface area contributed by atoms with Crippen LogP contribution in [0.3, 0.4) is 0 Å². The van der Waals surface area contributed by atoms with Gasteiger partial charge in [0.15, 0.2) is 5.06 Å². The standard InChI is InChI=1S/C25H18ClN3O4S/c26-20-9-10-21(34-20)33-25(32)28-19-8-2-6-17-14-29(24(31)22(17)19)13-15-4-1-5-16(12-15)18-7-3-11-27-23(18)30/h1-5,7-12,14,31H,6,13H2,(H,27,30). The Morgan fingerprint density at radius 3 is 2.91 bits per heavy atom. The molecule has 0 atom stereocenters. The molecule has 1 amide bonds. The number of fused-ring (bicyclic) bond motifs is 1. The smallest absolute Gasteiger partial charge is 0.440 e. The first-order valence-electron chi connectivity index (χ1n) is 10.4. The van der Waals surface area contributed by atoms with Crippen LogP contribution < -0.4 is 10.3 Å². The van der Waals surface area contributed by atoms with Crippen molar-refractivity contribution in [1.82, 2.24) is 9.55 Å². The van der Waals surface area contributed by atoms with Crippen LogP contribution in [0.1, 0.15) is 16.7 Å². The molecule has 0 saturated carbocycles. The molecule has 0 spiro atoms. The second kappa shape index (κ2) is 9.17. The molecule has 3 heterocycles. The number of amides is 1. The Morgan fingerprint density at radius 2 is 2.12 bits per heavy atom. The van der Waals surface area contributed by atoms with Gasteiger partial charge >= 0.3 is 6.09 Å². The molecule has 0 aliphatic heterocycles. The second-order valence-corrected chi connectivity index (χ2v) is 9.30. The third-order valence-corrected chi connectivity index (χ3v) is 6.46. The average Bonchev–Trinajstić information content (AvgIpc) is 3.37. The molecule has 2 N–H and O–H groups in total. The van der Waals surface area contributed by atoms with Crippen LogP contribution in [-0.2, 0) is 13.0 Å². The number of carbonyl (C=O) groups is 1. The molecular formula is C25H18ClN3O4S. The molecule has 1 aliphatic carbocycles. The number of hydrogen-bond donors (Lipinski definition) is 2. The van der Waals surface area contributed by atoms with Crippen molar-refractivity contribution in [3.05, 3.63) is 104 Å². The van der Waals surface area contributed by atoms with Crippen molar-refractivity contribution < 1.29 is 14.6 Å². The first-order chi connectivity index (χ1) is 16.5. The van der Waals surface area contributed by atoms with Gasteiger partial charge in [-0.1, -0.05) is 47.2 Å². The Labute approximate surface area is 203 Å². The zero-order valence-electron chi connectivity index (χ0n) is 17.7. The number of H-pyrrole nitrogens is 1. The molecule has 34 heavy (non-hydrogen) atoms. The molecule has 0 unspecified atom stereocenters. The number of ether oxygens (including phenoxy) is 1. The molecule has 0 saturated heterocycles. The van der Waals surface area contributed by atoms with E-state index < -0.39 is 6.09 Å². The van der Waals surface area contributed by atoms with E-state index in [4.69, 9.17) is 16.3 Å². The minimum Gasteiger partial charge on any atom is -0.494 e. The van der Waals surface area contributed by atoms with Gasteiger partial charge in [0, 0.05) is 18.0 Å². The summed E-state index contributed by atoms with van der Waals surface area (Å²) in [5.41, 5.74) is 3.78. The van der Waals surface area contributed by atoms with Crippen molar-refractivity contribution in [2.24, 2.45) is 4.99 Å². The molecule has 0 bridgehead atoms. The van der Waals surface area contributed by atoms with Gasteiger partial charge < -0.3 is 19.4 Å². The number of hydrogen-bond acceptors (Lipinski definition) is 5. The quantitative estimate of drug-likeness (QED) is 0.398. The summed E-state index contributed by atoms with van der Waals surface area (Å²) in [4.78, 5) is 31.2. The summed E-state index contributed by atoms with van der Waals surface area (Å²) in [5, 5.41) is 11.3. The van der Waals surface area contributed by atoms with E-state index in [2.05, 4.69) is 9.98 Å². The zero-order chi connectivity index (χ0) is 23.7. The van der Waals surface area contributed by atoms with Crippen molar-refractivity contribution >= 4 is 34.7 Å². The lowest BCUT2D eigenvalue weighted by molar-refractivity contribution is 0.213. The van der Waals surface area contributed by atoms with Crippen molar-refractivity contribution in [2.75, 3.05) is 0 Å². The van der Waals surface area contributed by atoms with E-state index in [1.165, 1.54) is 0 Å². The van der Waals surface area contributed by atoms with Gasteiger partial charge in [0.05, 0.1) is 22.2 Å². The first-order valence-corrected chi connectivity index (χ1v) is 11.6. The molecule has 170 valence electrons. The fourth-order valence-corrected chi connectivity index (χ4v) is 4.74. The van der Waals surface area contributed by atoms with E-state index >= 15 is 0 Å². The highest BCUT2D eigenvalue weighted by atomic mass is 35.5. The fraction of sp³-hybridized carbons (Fsp3) is 0.0800. The molecule has 7 nitrogen and oxygen atoms in total. The van der Waals surface area contributed by atoms with Gasteiger partial charge in [-0.05, 0) is 59.5 Å². The fourth-order valence-electron chi connectivity index (χ4n) is 3.87. The summed E-state index contributed by atoms with van der Waals surface area (Å²) < 4.78 is 7.42. The van der Waals surface area contributed by atoms with Gasteiger partial charge in [-0.15, -0.1) is 0 Å². The highest BCUT2D eigenvalue weighted by Crippen LogP contribution is 2.31. The molecule has 1 aliphatic rings. The Bertz CT molecular complexity index is 1510. The van der Waals surface area contributed by atoms with Crippen molar-refractivity contribution in [1.29, 1.82) is 0 Å². The van der Waals surface area contributed by atoms with Crippen molar-refractivity contribution in [2.45, 2.75) is 13.0 Å². The highest BCUT2D eigenvalue weighted by molar-refractivity contribution is 7.17. The van der Waals surface area contributed by atoms with Crippen LogP contribution in [0.5, 0.6) is 10.9 Å². The van der Waals surface area contributed by atoms with Gasteiger partial charge in [0.25, 0.3) is 5.56 Å². The predicted octanol–water partition coefficient (Wildman–Crippen LogP) is 5.41. The third kappa shape index (κ3) is 4.46. The van der Waals surface area contributed by atoms with E-state index in [-0.39, 0.29) is 11.4 Å². The van der Waals surface area contributed by atoms with Crippen molar-refractivity contribution in [3.8, 4) is 22.1 Å². The van der Waals surface area contributed by atoms with Crippen LogP contribution in [0.15, 0.2) is 82.9 Å². The molecule has 1 aromatic carbocycles. The lowest BCUT2D eigenvalue weighted by atomic mass is 10.00. The molecular weight excluding hydrogens is 474 g/mol. The van der Waals surface area contributed by atoms with Gasteiger partial charge in [0.1, 0.15) is 0 Å². The van der Waals surface area contributed by atoms with Gasteiger partial charge in [-0.25, -0.2) is 4.79 Å². The number of aromatic nitrogens is 2. The van der Waals surface area contributed by atoms with Gasteiger partial charge in [-0.3, -0.25) is 4.79 Å². The summed E-state index contributed by atoms with van der Waals surface area (Å²) in [6, 6.07) is 14.4. The second-order valence-electron chi connectivity index (χ2n) is 7.62. The molecule has 0 radical (unpaired) electrons. The maximum atomic E-state index is 12.3. The number of rotatable bonds is 4. The van der Waals surface area contributed by atoms with Crippen LogP contribution in [0.2, 0.25) is 4.34 Å². The third-order valence-electron chi connectivity index (χ3n) is 5.36. The Hall–Kier alpha value is -3.88. The van der Waals surface area contributed by atoms with Gasteiger partial charge in [0.2, 0.25) is 5.88 Å². The number of carbonyl (C=O) groups excluding carboxylic acids is 1. The number of aliphatic imine (C=N–C) groups is 1. The van der Waals surface area contributed by atoms with E-state index in [1.807, 2.05) is 36.5 Å². The Kier molecular flexibility index (Phi) is 5.91. The Balaban J connectivity index is 1.42. The summed E-state index contributed by atoms with van der Waals surface area (Å²) in [7, 11) is 0. The van der Waals surface area contributed by atoms with Crippen LogP contribution in [0.25, 0.3) is 11.1 Å². The van der Waals surface area contributed by atoms with E-state index in [1.54, 1.807) is 41.1 Å². The van der Waals surface area contributed by atoms with E-state index in [9.17, 15) is 14.7 Å². The summed E-state index contributed by atoms with van der Waals surface area (Å²) in [6.07, 6.45) is 6.81. The monoisotopic (exact) mass is 491 g/mol. The first kappa shape index (κ1) is 21.9. The molecule has 3 aromatic heterocycles. The summed E-state index contributed by atoms with van der Waals surface area (Å²) >= 11 is 7.00. The Morgan fingerprint density at radius 1 is 1.24 bits per heavy atom. The number of thiophene rings is 1. The maximum absolute atomic E-state index is 12.3. The van der Waals surface area contributed by atoms with Crippen LogP contribution in [0.4, 0.5) is 4.79 Å². The van der Waals surface area contributed by atoms with E-state index in [0.717, 1.165) is 28.0 Å². The normalized spacial score (nSPS) is 13.7. The lowest BCUT2D eigenvalue weighted by Crippen LogP contribution is -2.10. The van der Waals surface area contributed by atoms with E-state index in [0.29, 0.717) is 39.2 Å². The van der Waals surface area contributed by atoms with Gasteiger partial charge in [-0.2, -0.15) is 4.99 Å². The van der Waals surface area contributed by atoms with Crippen molar-refractivity contribution in [3.63, 3.8) is 0 Å². The summed E-state index contributed by atoms with van der Waals surface area (Å²) in [5.74, 6) is 0.00743. The predicted molar refractivity (Wildman–Crippen MR) is 132 cm³/mol. The minimum atomic E-state index is -0.793. The lowest BCUT2D eigenvalue weighted by Gasteiger charge is -2.09. The molecule has 0 fully saturated rings. The summed E-state index contributed by atoms with van der Waals surface area (Å²) in [6.45, 7) is 0.378. The largest absolute Gasteiger partial charge is 0.494 e. The number of halogens is 1. The van der Waals surface area contributed by atoms with Crippen LogP contribution in [0, 0.1) is 0 Å². The number of nitrogens with one attached hydrogen (secondary N) is 1. The highest BCUT2D eigenvalue weighted by Gasteiger charge is 2.22. The minimum absolute atomic E-state index is 0.00743. The van der Waals surface area contributed by atoms with Crippen LogP contribution >= 0.6 is 22.9 Å². The number of allylic oxidation sites excluding steroid dienone is 2. The number of benzene rings is 1. The number of aromatic hydroxyl groups is 1. The molecule has 9 heteroatoms.